The number of ether oxygens (including phenoxy) is 2. The summed E-state index contributed by atoms with van der Waals surface area (Å²) in [6.45, 7) is 16.8. The van der Waals surface area contributed by atoms with E-state index in [2.05, 4.69) is 13.2 Å². The predicted molar refractivity (Wildman–Crippen MR) is 140 cm³/mol. The molecule has 4 rings (SSSR count). The molecule has 3 fully saturated rings. The van der Waals surface area contributed by atoms with Gasteiger partial charge in [-0.1, -0.05) is 37.8 Å². The number of benzene rings is 1. The maximum absolute atomic E-state index is 14.6. The Morgan fingerprint density at radius 3 is 2.65 bits per heavy atom. The fourth-order valence-electron chi connectivity index (χ4n) is 6.70. The van der Waals surface area contributed by atoms with E-state index in [1.165, 1.54) is 11.0 Å². The molecule has 3 heterocycles. The van der Waals surface area contributed by atoms with Gasteiger partial charge in [-0.2, -0.15) is 0 Å². The monoisotopic (exact) mass is 510 g/mol. The van der Waals surface area contributed by atoms with Crippen LogP contribution in [-0.4, -0.2) is 70.8 Å². The average Bonchev–Trinajstić information content (AvgIpc) is 3.38. The lowest BCUT2D eigenvalue weighted by Crippen LogP contribution is -2.58. The van der Waals surface area contributed by atoms with Crippen molar-refractivity contribution in [3.8, 4) is 0 Å². The van der Waals surface area contributed by atoms with Crippen LogP contribution in [0.15, 0.2) is 43.5 Å². The third-order valence-corrected chi connectivity index (χ3v) is 8.56. The Morgan fingerprint density at radius 2 is 2.03 bits per heavy atom. The molecule has 2 amide bonds. The lowest BCUT2D eigenvalue weighted by Gasteiger charge is -2.39. The molecule has 8 heteroatoms. The Kier molecular flexibility index (Phi) is 7.12. The Labute approximate surface area is 218 Å². The number of rotatable bonds is 9. The van der Waals surface area contributed by atoms with Crippen molar-refractivity contribution >= 4 is 23.5 Å². The second-order valence-electron chi connectivity index (χ2n) is 10.9. The standard InChI is InChI=1S/C29H38N2O6/c1-8-12-30(21-14-17(3)10-11-18(21)4)26(34)24-29-15-19(5)28(7,37-29)23(27(35)36-13-9-2)22(29)25(33)31(24)20(6)16-32/h8-11,14,19-20,22-24,32H,1-2,12-13,15-16H2,3-7H3/t19?,20-,22+,23+,24?,28-,29?/m1/s1. The molecule has 3 saturated heterocycles. The molecule has 1 aromatic rings. The maximum Gasteiger partial charge on any atom is 0.313 e. The van der Waals surface area contributed by atoms with Crippen LogP contribution in [0.3, 0.4) is 0 Å². The number of carbonyl (C=O) groups is 3. The van der Waals surface area contributed by atoms with Crippen molar-refractivity contribution in [3.05, 3.63) is 54.6 Å². The van der Waals surface area contributed by atoms with Crippen LogP contribution < -0.4 is 4.90 Å². The third-order valence-electron chi connectivity index (χ3n) is 8.56. The number of likely N-dealkylation sites (tertiary alicyclic amines) is 1. The van der Waals surface area contributed by atoms with Gasteiger partial charge in [0.2, 0.25) is 5.91 Å². The molecule has 2 bridgehead atoms. The number of carbonyl (C=O) groups excluding carboxylic acids is 3. The molecule has 0 aliphatic carbocycles. The Hall–Kier alpha value is -2.97. The summed E-state index contributed by atoms with van der Waals surface area (Å²) < 4.78 is 12.1. The molecule has 0 radical (unpaired) electrons. The summed E-state index contributed by atoms with van der Waals surface area (Å²) >= 11 is 0. The molecule has 1 spiro atoms. The zero-order valence-corrected chi connectivity index (χ0v) is 22.4. The van der Waals surface area contributed by atoms with Crippen LogP contribution in [0.5, 0.6) is 0 Å². The van der Waals surface area contributed by atoms with Gasteiger partial charge in [0.05, 0.1) is 24.2 Å². The van der Waals surface area contributed by atoms with E-state index in [0.29, 0.717) is 6.42 Å². The van der Waals surface area contributed by atoms with Crippen LogP contribution in [0, 0.1) is 31.6 Å². The minimum atomic E-state index is -1.22. The largest absolute Gasteiger partial charge is 0.461 e. The molecule has 200 valence electrons. The highest BCUT2D eigenvalue weighted by atomic mass is 16.6. The average molecular weight is 511 g/mol. The summed E-state index contributed by atoms with van der Waals surface area (Å²) in [6, 6.07) is 4.20. The van der Waals surface area contributed by atoms with Gasteiger partial charge in [-0.25, -0.2) is 0 Å². The molecule has 1 aromatic carbocycles. The molecule has 0 saturated carbocycles. The van der Waals surface area contributed by atoms with Crippen molar-refractivity contribution in [1.29, 1.82) is 0 Å². The van der Waals surface area contributed by atoms with Crippen LogP contribution in [0.2, 0.25) is 0 Å². The number of esters is 1. The number of fused-ring (bicyclic) bond motifs is 1. The van der Waals surface area contributed by atoms with E-state index < -0.39 is 41.1 Å². The third kappa shape index (κ3) is 3.92. The summed E-state index contributed by atoms with van der Waals surface area (Å²) in [5, 5.41) is 10.1. The highest BCUT2D eigenvalue weighted by molar-refractivity contribution is 6.05. The molecular weight excluding hydrogens is 472 g/mol. The molecule has 3 aliphatic heterocycles. The van der Waals surface area contributed by atoms with Gasteiger partial charge >= 0.3 is 5.97 Å². The first-order valence-electron chi connectivity index (χ1n) is 12.9. The van der Waals surface area contributed by atoms with Gasteiger partial charge in [0, 0.05) is 12.2 Å². The van der Waals surface area contributed by atoms with Crippen LogP contribution in [-0.2, 0) is 23.9 Å². The molecule has 8 nitrogen and oxygen atoms in total. The zero-order chi connectivity index (χ0) is 27.3. The van der Waals surface area contributed by atoms with Gasteiger partial charge in [-0.05, 0) is 57.2 Å². The minimum absolute atomic E-state index is 0.0204. The minimum Gasteiger partial charge on any atom is -0.461 e. The quantitative estimate of drug-likeness (QED) is 0.405. The number of hydrogen-bond acceptors (Lipinski definition) is 6. The molecule has 3 aliphatic rings. The number of nitrogens with zero attached hydrogens (tertiary/aromatic N) is 2. The number of aliphatic hydroxyl groups excluding tert-OH is 1. The fourth-order valence-corrected chi connectivity index (χ4v) is 6.70. The van der Waals surface area contributed by atoms with Crippen LogP contribution in [0.25, 0.3) is 0 Å². The first-order valence-corrected chi connectivity index (χ1v) is 12.9. The van der Waals surface area contributed by atoms with E-state index in [0.717, 1.165) is 16.8 Å². The Morgan fingerprint density at radius 1 is 1.32 bits per heavy atom. The lowest BCUT2D eigenvalue weighted by molar-refractivity contribution is -0.161. The van der Waals surface area contributed by atoms with Gasteiger partial charge in [-0.15, -0.1) is 6.58 Å². The van der Waals surface area contributed by atoms with Crippen molar-refractivity contribution in [2.75, 3.05) is 24.7 Å². The molecule has 37 heavy (non-hydrogen) atoms. The number of aryl methyl sites for hydroxylation is 2. The van der Waals surface area contributed by atoms with Gasteiger partial charge in [0.1, 0.15) is 24.2 Å². The van der Waals surface area contributed by atoms with Crippen molar-refractivity contribution in [2.24, 2.45) is 17.8 Å². The number of amides is 2. The van der Waals surface area contributed by atoms with Gasteiger partial charge < -0.3 is 24.4 Å². The maximum atomic E-state index is 14.6. The van der Waals surface area contributed by atoms with E-state index in [1.807, 2.05) is 45.9 Å². The van der Waals surface area contributed by atoms with Crippen molar-refractivity contribution in [3.63, 3.8) is 0 Å². The molecule has 0 aromatic heterocycles. The summed E-state index contributed by atoms with van der Waals surface area (Å²) in [4.78, 5) is 45.0. The topological polar surface area (TPSA) is 96.4 Å². The van der Waals surface area contributed by atoms with Gasteiger partial charge in [0.25, 0.3) is 5.91 Å². The normalized spacial score (nSPS) is 32.7. The summed E-state index contributed by atoms with van der Waals surface area (Å²) in [6.07, 6.45) is 3.57. The van der Waals surface area contributed by atoms with Crippen molar-refractivity contribution in [1.82, 2.24) is 4.90 Å². The van der Waals surface area contributed by atoms with Gasteiger partial charge in [0.15, 0.2) is 0 Å². The molecule has 3 unspecified atom stereocenters. The Bertz CT molecular complexity index is 1130. The van der Waals surface area contributed by atoms with Crippen LogP contribution in [0.4, 0.5) is 5.69 Å². The fraction of sp³-hybridized carbons (Fsp3) is 0.552. The summed E-state index contributed by atoms with van der Waals surface area (Å²) in [5.74, 6) is -3.08. The number of aliphatic hydroxyl groups is 1. The molecule has 1 N–H and O–H groups in total. The summed E-state index contributed by atoms with van der Waals surface area (Å²) in [7, 11) is 0. The highest BCUT2D eigenvalue weighted by Gasteiger charge is 2.80. The number of anilines is 1. The van der Waals surface area contributed by atoms with Crippen LogP contribution in [0.1, 0.15) is 38.3 Å². The number of hydrogen-bond donors (Lipinski definition) is 1. The summed E-state index contributed by atoms with van der Waals surface area (Å²) in [5.41, 5.74) is 0.437. The van der Waals surface area contributed by atoms with E-state index in [1.54, 1.807) is 17.9 Å². The van der Waals surface area contributed by atoms with E-state index in [-0.39, 0.29) is 37.5 Å². The first-order chi connectivity index (χ1) is 17.5. The predicted octanol–water partition coefficient (Wildman–Crippen LogP) is 2.94. The second-order valence-corrected chi connectivity index (χ2v) is 10.9. The van der Waals surface area contributed by atoms with Crippen LogP contribution >= 0.6 is 0 Å². The zero-order valence-electron chi connectivity index (χ0n) is 22.4. The SMILES string of the molecule is C=CCOC(=O)[C@@H]1[C@H]2C(=O)N([C@H](C)CO)C(C(=O)N(CC=C)c3cc(C)ccc3C)C23CC(C)[C@@]1(C)O3. The Balaban J connectivity index is 1.87. The van der Waals surface area contributed by atoms with E-state index >= 15 is 0 Å². The van der Waals surface area contributed by atoms with E-state index in [4.69, 9.17) is 9.47 Å². The van der Waals surface area contributed by atoms with Crippen molar-refractivity contribution < 1.29 is 29.0 Å². The lowest BCUT2D eigenvalue weighted by atomic mass is 9.62. The van der Waals surface area contributed by atoms with Crippen molar-refractivity contribution in [2.45, 2.75) is 64.3 Å². The first kappa shape index (κ1) is 27.1. The second kappa shape index (κ2) is 9.72. The molecule has 7 atom stereocenters. The molecular formula is C29H38N2O6. The van der Waals surface area contributed by atoms with E-state index in [9.17, 15) is 19.5 Å². The smallest absolute Gasteiger partial charge is 0.313 e. The van der Waals surface area contributed by atoms with Gasteiger partial charge in [-0.3, -0.25) is 14.4 Å². The highest BCUT2D eigenvalue weighted by Crippen LogP contribution is 2.65.